The molecule has 0 aliphatic carbocycles. The second kappa shape index (κ2) is 9.25. The van der Waals surface area contributed by atoms with Gasteiger partial charge in [-0.3, -0.25) is 4.79 Å². The van der Waals surface area contributed by atoms with E-state index in [2.05, 4.69) is 10.6 Å². The number of halogens is 1. The van der Waals surface area contributed by atoms with Crippen LogP contribution in [0.3, 0.4) is 0 Å². The number of hydrogen-bond donors (Lipinski definition) is 2. The first kappa shape index (κ1) is 18.2. The second-order valence-electron chi connectivity index (χ2n) is 5.23. The van der Waals surface area contributed by atoms with E-state index in [1.54, 1.807) is 12.1 Å². The summed E-state index contributed by atoms with van der Waals surface area (Å²) in [6, 6.07) is 15.0. The molecule has 0 saturated carbocycles. The molecule has 0 bridgehead atoms. The van der Waals surface area contributed by atoms with Gasteiger partial charge in [-0.25, -0.2) is 0 Å². The number of ether oxygens (including phenoxy) is 1. The van der Waals surface area contributed by atoms with E-state index in [1.807, 2.05) is 43.3 Å². The summed E-state index contributed by atoms with van der Waals surface area (Å²) >= 11 is 11.1. The number of nitrogens with one attached hydrogen (secondary N) is 2. The molecule has 126 valence electrons. The number of rotatable bonds is 6. The molecule has 0 aliphatic rings. The van der Waals surface area contributed by atoms with Crippen LogP contribution < -0.4 is 15.4 Å². The van der Waals surface area contributed by atoms with Gasteiger partial charge in [0.1, 0.15) is 5.75 Å². The number of carbonyl (C=O) groups excluding carboxylic acids is 1. The summed E-state index contributed by atoms with van der Waals surface area (Å²) in [4.78, 5) is 11.9. The molecule has 2 N–H and O–H groups in total. The first-order valence-electron chi connectivity index (χ1n) is 7.59. The van der Waals surface area contributed by atoms with Crippen molar-refractivity contribution in [3.63, 3.8) is 0 Å². The van der Waals surface area contributed by atoms with Gasteiger partial charge in [-0.15, -0.1) is 0 Å². The van der Waals surface area contributed by atoms with Crippen molar-refractivity contribution in [2.45, 2.75) is 19.8 Å². The highest BCUT2D eigenvalue weighted by molar-refractivity contribution is 7.80. The number of anilines is 1. The van der Waals surface area contributed by atoms with Crippen molar-refractivity contribution in [3.8, 4) is 5.75 Å². The van der Waals surface area contributed by atoms with Gasteiger partial charge >= 0.3 is 0 Å². The maximum Gasteiger partial charge on any atom is 0.226 e. The van der Waals surface area contributed by atoms with Crippen LogP contribution in [0, 0.1) is 6.92 Å². The Bertz CT molecular complexity index is 707. The van der Waals surface area contributed by atoms with Crippen molar-refractivity contribution in [3.05, 3.63) is 59.1 Å². The average molecular weight is 363 g/mol. The van der Waals surface area contributed by atoms with E-state index in [9.17, 15) is 4.79 Å². The molecule has 0 saturated heterocycles. The van der Waals surface area contributed by atoms with Crippen molar-refractivity contribution < 1.29 is 9.53 Å². The van der Waals surface area contributed by atoms with Gasteiger partial charge in [-0.1, -0.05) is 35.9 Å². The molecule has 24 heavy (non-hydrogen) atoms. The van der Waals surface area contributed by atoms with Crippen LogP contribution in [0.5, 0.6) is 5.75 Å². The van der Waals surface area contributed by atoms with Crippen molar-refractivity contribution in [2.75, 3.05) is 11.9 Å². The molecule has 2 rings (SSSR count). The predicted octanol–water partition coefficient (Wildman–Crippen LogP) is 4.32. The summed E-state index contributed by atoms with van der Waals surface area (Å²) < 4.78 is 5.54. The van der Waals surface area contributed by atoms with Gasteiger partial charge in [0.15, 0.2) is 5.11 Å². The third-order valence-electron chi connectivity index (χ3n) is 3.26. The summed E-state index contributed by atoms with van der Waals surface area (Å²) in [6.07, 6.45) is 0.947. The van der Waals surface area contributed by atoms with Crippen molar-refractivity contribution in [1.82, 2.24) is 5.32 Å². The molecule has 2 aromatic carbocycles. The minimum Gasteiger partial charge on any atom is -0.494 e. The highest BCUT2D eigenvalue weighted by Crippen LogP contribution is 2.20. The SMILES string of the molecule is Cc1ccc(Cl)cc1NC(=S)NC(=O)CCCOc1ccccc1. The normalized spacial score (nSPS) is 10.1. The number of aryl methyl sites for hydroxylation is 1. The molecule has 0 aromatic heterocycles. The Hall–Kier alpha value is -2.11. The van der Waals surface area contributed by atoms with Gasteiger partial charge in [0.05, 0.1) is 6.61 Å². The van der Waals surface area contributed by atoms with Crippen LogP contribution in [0.2, 0.25) is 5.02 Å². The predicted molar refractivity (Wildman–Crippen MR) is 102 cm³/mol. The molecule has 6 heteroatoms. The van der Waals surface area contributed by atoms with E-state index in [-0.39, 0.29) is 11.0 Å². The second-order valence-corrected chi connectivity index (χ2v) is 6.07. The molecular weight excluding hydrogens is 344 g/mol. The van der Waals surface area contributed by atoms with Crippen LogP contribution in [0.4, 0.5) is 5.69 Å². The average Bonchev–Trinajstić information content (AvgIpc) is 2.56. The van der Waals surface area contributed by atoms with Gasteiger partial charge in [0.2, 0.25) is 5.91 Å². The zero-order valence-electron chi connectivity index (χ0n) is 13.3. The molecule has 0 aliphatic heterocycles. The third kappa shape index (κ3) is 6.18. The number of amides is 1. The van der Waals surface area contributed by atoms with Gasteiger partial charge in [-0.05, 0) is 55.4 Å². The maximum atomic E-state index is 11.9. The largest absolute Gasteiger partial charge is 0.494 e. The first-order valence-corrected chi connectivity index (χ1v) is 8.38. The van der Waals surface area contributed by atoms with Crippen molar-refractivity contribution in [1.29, 1.82) is 0 Å². The number of carbonyl (C=O) groups is 1. The fourth-order valence-corrected chi connectivity index (χ4v) is 2.41. The molecule has 1 amide bonds. The molecular formula is C18H19ClN2O2S. The van der Waals surface area contributed by atoms with Crippen LogP contribution in [0.15, 0.2) is 48.5 Å². The summed E-state index contributed by atoms with van der Waals surface area (Å²) in [5.74, 6) is 0.648. The molecule has 0 unspecified atom stereocenters. The van der Waals surface area contributed by atoms with E-state index >= 15 is 0 Å². The lowest BCUT2D eigenvalue weighted by atomic mass is 10.2. The highest BCUT2D eigenvalue weighted by Gasteiger charge is 2.07. The van der Waals surface area contributed by atoms with Gasteiger partial charge < -0.3 is 15.4 Å². The summed E-state index contributed by atoms with van der Waals surface area (Å²) in [7, 11) is 0. The Morgan fingerprint density at radius 2 is 1.96 bits per heavy atom. The molecule has 0 radical (unpaired) electrons. The molecule has 0 heterocycles. The lowest BCUT2D eigenvalue weighted by molar-refractivity contribution is -0.119. The van der Waals surface area contributed by atoms with Gasteiger partial charge in [0.25, 0.3) is 0 Å². The minimum absolute atomic E-state index is 0.149. The standard InChI is InChI=1S/C18H19ClN2O2S/c1-13-9-10-14(19)12-16(13)20-18(24)21-17(22)8-5-11-23-15-6-3-2-4-7-15/h2-4,6-7,9-10,12H,5,8,11H2,1H3,(H2,20,21,22,24). The number of thiocarbonyl (C=S) groups is 1. The topological polar surface area (TPSA) is 50.4 Å². The highest BCUT2D eigenvalue weighted by atomic mass is 35.5. The van der Waals surface area contributed by atoms with Gasteiger partial charge in [0, 0.05) is 17.1 Å². The van der Waals surface area contributed by atoms with Gasteiger partial charge in [-0.2, -0.15) is 0 Å². The van der Waals surface area contributed by atoms with Crippen LogP contribution in [0.1, 0.15) is 18.4 Å². The van der Waals surface area contributed by atoms with Crippen LogP contribution >= 0.6 is 23.8 Å². The van der Waals surface area contributed by atoms with Crippen LogP contribution in [-0.2, 0) is 4.79 Å². The van der Waals surface area contributed by atoms with Crippen LogP contribution in [-0.4, -0.2) is 17.6 Å². The number of hydrogen-bond acceptors (Lipinski definition) is 3. The van der Waals surface area contributed by atoms with E-state index in [4.69, 9.17) is 28.6 Å². The summed E-state index contributed by atoms with van der Waals surface area (Å²) in [6.45, 7) is 2.41. The number of para-hydroxylation sites is 1. The van der Waals surface area contributed by atoms with E-state index in [0.29, 0.717) is 24.5 Å². The summed E-state index contributed by atoms with van der Waals surface area (Å²) in [5.41, 5.74) is 1.77. The molecule has 2 aromatic rings. The molecule has 0 fully saturated rings. The van der Waals surface area contributed by atoms with E-state index < -0.39 is 0 Å². The third-order valence-corrected chi connectivity index (χ3v) is 3.70. The minimum atomic E-state index is -0.149. The maximum absolute atomic E-state index is 11.9. The Morgan fingerprint density at radius 3 is 2.71 bits per heavy atom. The molecule has 0 atom stereocenters. The Balaban J connectivity index is 1.70. The smallest absolute Gasteiger partial charge is 0.226 e. The zero-order valence-corrected chi connectivity index (χ0v) is 14.9. The molecule has 4 nitrogen and oxygen atoms in total. The lowest BCUT2D eigenvalue weighted by Crippen LogP contribution is -2.34. The fraction of sp³-hybridized carbons (Fsp3) is 0.222. The Kier molecular flexibility index (Phi) is 7.03. The Morgan fingerprint density at radius 1 is 1.21 bits per heavy atom. The van der Waals surface area contributed by atoms with E-state index in [0.717, 1.165) is 17.0 Å². The fourth-order valence-electron chi connectivity index (χ4n) is 2.01. The summed E-state index contributed by atoms with van der Waals surface area (Å²) in [5, 5.41) is 6.50. The molecule has 0 spiro atoms. The van der Waals surface area contributed by atoms with Crippen LogP contribution in [0.25, 0.3) is 0 Å². The van der Waals surface area contributed by atoms with Crippen molar-refractivity contribution in [2.24, 2.45) is 0 Å². The van der Waals surface area contributed by atoms with Crippen molar-refractivity contribution >= 4 is 40.5 Å². The van der Waals surface area contributed by atoms with E-state index in [1.165, 1.54) is 0 Å². The monoisotopic (exact) mass is 362 g/mol. The Labute approximate surface area is 152 Å². The zero-order chi connectivity index (χ0) is 17.4. The quantitative estimate of drug-likeness (QED) is 0.593. The lowest BCUT2D eigenvalue weighted by Gasteiger charge is -2.12. The first-order chi connectivity index (χ1) is 11.5. The number of benzene rings is 2.